The van der Waals surface area contributed by atoms with E-state index in [0.29, 0.717) is 22.5 Å². The molecule has 0 spiro atoms. The van der Waals surface area contributed by atoms with Crippen LogP contribution in [0.1, 0.15) is 50.0 Å². The largest absolute Gasteiger partial charge is 0.335 e. The van der Waals surface area contributed by atoms with Crippen LogP contribution >= 0.6 is 23.7 Å². The van der Waals surface area contributed by atoms with Gasteiger partial charge in [0.05, 0.1) is 16.9 Å². The average Bonchev–Trinajstić information content (AvgIpc) is 3.42. The Morgan fingerprint density at radius 2 is 1.93 bits per heavy atom. The van der Waals surface area contributed by atoms with E-state index in [-0.39, 0.29) is 18.3 Å². The molecule has 1 aliphatic carbocycles. The standard InChI is InChI=1S/C20H21N5O2S.ClH/c1-14(26)25(16-7-3-2-4-8-16)19-22-15(13-28-19)9-10-17-23-18(24-27-17)20(21)11-5-6-12-20;/h2-4,7-10,13H,5-6,11-12,21H2,1H3;1H/b10-9+;. The minimum Gasteiger partial charge on any atom is -0.335 e. The topological polar surface area (TPSA) is 98.1 Å². The summed E-state index contributed by atoms with van der Waals surface area (Å²) >= 11 is 1.40. The second-order valence-electron chi connectivity index (χ2n) is 6.90. The van der Waals surface area contributed by atoms with Crippen molar-refractivity contribution in [1.82, 2.24) is 15.1 Å². The van der Waals surface area contributed by atoms with Gasteiger partial charge in [-0.25, -0.2) is 4.98 Å². The monoisotopic (exact) mass is 431 g/mol. The number of hydrogen-bond donors (Lipinski definition) is 1. The first-order valence-corrected chi connectivity index (χ1v) is 10.1. The molecule has 0 atom stereocenters. The molecule has 152 valence electrons. The maximum atomic E-state index is 12.1. The number of benzene rings is 1. The van der Waals surface area contributed by atoms with Crippen molar-refractivity contribution < 1.29 is 9.32 Å². The normalized spacial score (nSPS) is 15.4. The number of halogens is 1. The summed E-state index contributed by atoms with van der Waals surface area (Å²) in [7, 11) is 0. The lowest BCUT2D eigenvalue weighted by atomic mass is 9.99. The fraction of sp³-hybridized carbons (Fsp3) is 0.300. The first-order valence-electron chi connectivity index (χ1n) is 9.18. The van der Waals surface area contributed by atoms with Gasteiger partial charge in [0.25, 0.3) is 5.89 Å². The highest BCUT2D eigenvalue weighted by Gasteiger charge is 2.35. The predicted octanol–water partition coefficient (Wildman–Crippen LogP) is 4.53. The molecule has 4 rings (SSSR count). The summed E-state index contributed by atoms with van der Waals surface area (Å²) in [6, 6.07) is 9.45. The van der Waals surface area contributed by atoms with Crippen molar-refractivity contribution in [1.29, 1.82) is 0 Å². The zero-order valence-electron chi connectivity index (χ0n) is 15.9. The van der Waals surface area contributed by atoms with Crippen molar-refractivity contribution in [2.45, 2.75) is 38.1 Å². The number of hydrogen-bond acceptors (Lipinski definition) is 7. The maximum Gasteiger partial charge on any atom is 0.250 e. The van der Waals surface area contributed by atoms with Crippen LogP contribution in [0.2, 0.25) is 0 Å². The van der Waals surface area contributed by atoms with E-state index >= 15 is 0 Å². The van der Waals surface area contributed by atoms with Crippen molar-refractivity contribution in [3.8, 4) is 0 Å². The van der Waals surface area contributed by atoms with Crippen molar-refractivity contribution in [2.24, 2.45) is 5.73 Å². The van der Waals surface area contributed by atoms with Gasteiger partial charge in [0, 0.05) is 18.4 Å². The van der Waals surface area contributed by atoms with Crippen molar-refractivity contribution in [3.05, 3.63) is 53.1 Å². The first kappa shape index (κ1) is 21.2. The quantitative estimate of drug-likeness (QED) is 0.637. The molecule has 1 aliphatic rings. The van der Waals surface area contributed by atoms with Crippen LogP contribution in [-0.4, -0.2) is 21.0 Å². The molecule has 2 heterocycles. The molecule has 1 saturated carbocycles. The third-order valence-electron chi connectivity index (χ3n) is 4.81. The van der Waals surface area contributed by atoms with Crippen LogP contribution in [0.3, 0.4) is 0 Å². The minimum absolute atomic E-state index is 0. The molecule has 29 heavy (non-hydrogen) atoms. The molecule has 2 aromatic heterocycles. The van der Waals surface area contributed by atoms with Gasteiger partial charge >= 0.3 is 0 Å². The van der Waals surface area contributed by atoms with Crippen LogP contribution in [0.25, 0.3) is 12.2 Å². The summed E-state index contributed by atoms with van der Waals surface area (Å²) in [5.41, 5.74) is 7.39. The van der Waals surface area contributed by atoms with E-state index in [1.807, 2.05) is 35.7 Å². The summed E-state index contributed by atoms with van der Waals surface area (Å²) in [4.78, 5) is 22.7. The van der Waals surface area contributed by atoms with Crippen molar-refractivity contribution in [3.63, 3.8) is 0 Å². The molecule has 1 aromatic carbocycles. The smallest absolute Gasteiger partial charge is 0.250 e. The molecule has 2 N–H and O–H groups in total. The molecule has 0 aliphatic heterocycles. The SMILES string of the molecule is CC(=O)N(c1ccccc1)c1nc(/C=C/c2nc(C3(N)CCCC3)no2)cs1.Cl. The molecule has 1 fully saturated rings. The summed E-state index contributed by atoms with van der Waals surface area (Å²) in [6.07, 6.45) is 7.45. The summed E-state index contributed by atoms with van der Waals surface area (Å²) in [6.45, 7) is 1.52. The Kier molecular flexibility index (Phi) is 6.46. The molecule has 0 saturated heterocycles. The number of thiazole rings is 1. The fourth-order valence-corrected chi connectivity index (χ4v) is 4.21. The van der Waals surface area contributed by atoms with Gasteiger partial charge in [-0.15, -0.1) is 23.7 Å². The number of amides is 1. The van der Waals surface area contributed by atoms with Gasteiger partial charge < -0.3 is 10.3 Å². The zero-order valence-corrected chi connectivity index (χ0v) is 17.6. The molecule has 0 unspecified atom stereocenters. The molecule has 1 amide bonds. The van der Waals surface area contributed by atoms with Crippen molar-refractivity contribution in [2.75, 3.05) is 4.90 Å². The number of carbonyl (C=O) groups excluding carboxylic acids is 1. The van der Waals surface area contributed by atoms with E-state index in [1.54, 1.807) is 17.1 Å². The van der Waals surface area contributed by atoms with Gasteiger partial charge in [-0.05, 0) is 31.1 Å². The number of nitrogens with zero attached hydrogens (tertiary/aromatic N) is 4. The van der Waals surface area contributed by atoms with Gasteiger partial charge in [-0.1, -0.05) is 36.2 Å². The second kappa shape index (κ2) is 8.86. The lowest BCUT2D eigenvalue weighted by Crippen LogP contribution is -2.34. The maximum absolute atomic E-state index is 12.1. The number of anilines is 2. The Hall–Kier alpha value is -2.55. The first-order chi connectivity index (χ1) is 13.5. The van der Waals surface area contributed by atoms with E-state index in [2.05, 4.69) is 15.1 Å². The van der Waals surface area contributed by atoms with E-state index in [9.17, 15) is 4.79 Å². The highest BCUT2D eigenvalue weighted by Crippen LogP contribution is 2.34. The van der Waals surface area contributed by atoms with Crippen LogP contribution in [-0.2, 0) is 10.3 Å². The molecular formula is C20H22ClN5O2S. The van der Waals surface area contributed by atoms with Gasteiger partial charge in [0.2, 0.25) is 5.91 Å². The van der Waals surface area contributed by atoms with Gasteiger partial charge in [-0.2, -0.15) is 4.98 Å². The van der Waals surface area contributed by atoms with Crippen LogP contribution in [0.15, 0.2) is 40.2 Å². The summed E-state index contributed by atoms with van der Waals surface area (Å²) in [5.74, 6) is 0.866. The molecule has 0 bridgehead atoms. The Morgan fingerprint density at radius 1 is 1.21 bits per heavy atom. The molecule has 0 radical (unpaired) electrons. The van der Waals surface area contributed by atoms with Gasteiger partial charge in [0.1, 0.15) is 0 Å². The Bertz CT molecular complexity index is 995. The predicted molar refractivity (Wildman–Crippen MR) is 116 cm³/mol. The summed E-state index contributed by atoms with van der Waals surface area (Å²) < 4.78 is 5.31. The molecule has 9 heteroatoms. The number of carbonyl (C=O) groups is 1. The van der Waals surface area contributed by atoms with E-state index in [4.69, 9.17) is 10.3 Å². The van der Waals surface area contributed by atoms with E-state index in [0.717, 1.165) is 31.4 Å². The van der Waals surface area contributed by atoms with Crippen LogP contribution < -0.4 is 10.6 Å². The van der Waals surface area contributed by atoms with Gasteiger partial charge in [-0.3, -0.25) is 9.69 Å². The number of rotatable bonds is 5. The highest BCUT2D eigenvalue weighted by molar-refractivity contribution is 7.14. The Labute approximate surface area is 179 Å². The molecule has 7 nitrogen and oxygen atoms in total. The second-order valence-corrected chi connectivity index (χ2v) is 7.73. The highest BCUT2D eigenvalue weighted by atomic mass is 35.5. The van der Waals surface area contributed by atoms with Crippen molar-refractivity contribution >= 4 is 52.6 Å². The van der Waals surface area contributed by atoms with Gasteiger partial charge in [0.15, 0.2) is 11.0 Å². The number of para-hydroxylation sites is 1. The van der Waals surface area contributed by atoms with Crippen LogP contribution in [0.5, 0.6) is 0 Å². The lowest BCUT2D eigenvalue weighted by Gasteiger charge is -2.17. The van der Waals surface area contributed by atoms with Crippen LogP contribution in [0, 0.1) is 0 Å². The number of nitrogens with two attached hydrogens (primary N) is 1. The molecular weight excluding hydrogens is 410 g/mol. The lowest BCUT2D eigenvalue weighted by molar-refractivity contribution is -0.115. The third-order valence-corrected chi connectivity index (χ3v) is 5.65. The summed E-state index contributed by atoms with van der Waals surface area (Å²) in [5, 5.41) is 6.53. The minimum atomic E-state index is -0.471. The van der Waals surface area contributed by atoms with E-state index in [1.165, 1.54) is 18.3 Å². The third kappa shape index (κ3) is 4.55. The zero-order chi connectivity index (χ0) is 19.6. The average molecular weight is 432 g/mol. The Morgan fingerprint density at radius 3 is 2.62 bits per heavy atom. The fourth-order valence-electron chi connectivity index (χ4n) is 3.35. The van der Waals surface area contributed by atoms with E-state index < -0.39 is 5.54 Å². The Balaban J connectivity index is 0.00000240. The number of aromatic nitrogens is 3. The van der Waals surface area contributed by atoms with Crippen LogP contribution in [0.4, 0.5) is 10.8 Å². The molecule has 3 aromatic rings.